The van der Waals surface area contributed by atoms with Gasteiger partial charge in [0, 0.05) is 0 Å². The predicted octanol–water partition coefficient (Wildman–Crippen LogP) is 4.56. The molecule has 0 saturated carbocycles. The van der Waals surface area contributed by atoms with E-state index in [1.807, 2.05) is 6.92 Å². The summed E-state index contributed by atoms with van der Waals surface area (Å²) in [5.41, 5.74) is 0.0318. The van der Waals surface area contributed by atoms with Crippen LogP contribution in [0, 0.1) is 0 Å². The van der Waals surface area contributed by atoms with Gasteiger partial charge in [-0.15, -0.1) is 0 Å². The third-order valence-electron chi connectivity index (χ3n) is 1.75. The van der Waals surface area contributed by atoms with Gasteiger partial charge in [-0.05, 0) is 24.1 Å². The third-order valence-corrected chi connectivity index (χ3v) is 2.06. The summed E-state index contributed by atoms with van der Waals surface area (Å²) in [4.78, 5) is 0. The first-order valence-corrected chi connectivity index (χ1v) is 4.18. The Morgan fingerprint density at radius 1 is 1.29 bits per heavy atom. The highest BCUT2D eigenvalue weighted by Crippen LogP contribution is 2.34. The van der Waals surface area contributed by atoms with Crippen LogP contribution in [0.15, 0.2) is 18.2 Å². The van der Waals surface area contributed by atoms with Crippen LogP contribution >= 0.6 is 11.6 Å². The fourth-order valence-corrected chi connectivity index (χ4v) is 1.32. The molecule has 14 heavy (non-hydrogen) atoms. The minimum absolute atomic E-state index is 0. The molecule has 0 nitrogen and oxygen atoms in total. The largest absolute Gasteiger partial charge is 0.417 e. The maximum absolute atomic E-state index is 12.2. The first-order chi connectivity index (χ1) is 5.95. The maximum Gasteiger partial charge on any atom is 0.417 e. The lowest BCUT2D eigenvalue weighted by molar-refractivity contribution is -0.137. The second kappa shape index (κ2) is 4.69. The van der Waals surface area contributed by atoms with E-state index in [0.717, 1.165) is 11.6 Å². The summed E-state index contributed by atoms with van der Waals surface area (Å²) in [7, 11) is 0. The summed E-state index contributed by atoms with van der Waals surface area (Å²) in [5.74, 6) is 0. The van der Waals surface area contributed by atoms with Gasteiger partial charge in [0.25, 0.3) is 0 Å². The van der Waals surface area contributed by atoms with Crippen LogP contribution in [-0.4, -0.2) is 0 Å². The second-order valence-electron chi connectivity index (χ2n) is 2.67. The van der Waals surface area contributed by atoms with E-state index in [2.05, 4.69) is 0 Å². The van der Waals surface area contributed by atoms with E-state index in [9.17, 15) is 13.2 Å². The molecule has 0 aliphatic carbocycles. The zero-order valence-electron chi connectivity index (χ0n) is 6.95. The average molecular weight is 225 g/mol. The minimum Gasteiger partial charge on any atom is -0.166 e. The number of aryl methyl sites for hydroxylation is 1. The Morgan fingerprint density at radius 2 is 1.86 bits per heavy atom. The lowest BCUT2D eigenvalue weighted by Gasteiger charge is -2.09. The van der Waals surface area contributed by atoms with E-state index in [0.29, 0.717) is 6.42 Å². The number of hydrogen-bond donors (Lipinski definition) is 0. The average Bonchev–Trinajstić information content (AvgIpc) is 2.01. The smallest absolute Gasteiger partial charge is 0.166 e. The van der Waals surface area contributed by atoms with Crippen LogP contribution in [-0.2, 0) is 12.6 Å². The molecular weight excluding hydrogens is 213 g/mol. The van der Waals surface area contributed by atoms with E-state index in [1.165, 1.54) is 12.1 Å². The molecule has 0 fully saturated rings. The highest BCUT2D eigenvalue weighted by Gasteiger charge is 2.32. The highest BCUT2D eigenvalue weighted by atomic mass is 35.5. The number of rotatable bonds is 1. The summed E-state index contributed by atoms with van der Waals surface area (Å²) in [6, 6.07) is 3.81. The predicted molar refractivity (Wildman–Crippen MR) is 52.6 cm³/mol. The van der Waals surface area contributed by atoms with Gasteiger partial charge >= 0.3 is 6.18 Å². The summed E-state index contributed by atoms with van der Waals surface area (Å²) in [5, 5.41) is -0.230. The van der Waals surface area contributed by atoms with Crippen molar-refractivity contribution in [2.75, 3.05) is 0 Å². The fraction of sp³-hybridized carbons (Fsp3) is 0.400. The van der Waals surface area contributed by atoms with E-state index >= 15 is 0 Å². The zero-order chi connectivity index (χ0) is 10.1. The highest BCUT2D eigenvalue weighted by molar-refractivity contribution is 6.31. The Kier molecular flexibility index (Phi) is 4.46. The topological polar surface area (TPSA) is 0 Å². The lowest BCUT2D eigenvalue weighted by Crippen LogP contribution is -2.05. The molecule has 1 aromatic carbocycles. The summed E-state index contributed by atoms with van der Waals surface area (Å²) < 4.78 is 36.6. The van der Waals surface area contributed by atoms with E-state index < -0.39 is 11.7 Å². The summed E-state index contributed by atoms with van der Waals surface area (Å²) in [6.07, 6.45) is -3.68. The third kappa shape index (κ3) is 2.91. The van der Waals surface area contributed by atoms with Gasteiger partial charge < -0.3 is 0 Å². The van der Waals surface area contributed by atoms with Gasteiger partial charge in [0.15, 0.2) is 0 Å². The van der Waals surface area contributed by atoms with Crippen molar-refractivity contribution in [2.45, 2.75) is 26.9 Å². The standard InChI is InChI=1S/C9H8ClF3.CH4/c1-2-6-3-4-7(8(10)5-6)9(11,12)13;/h3-5H,2H2,1H3;1H4. The first-order valence-electron chi connectivity index (χ1n) is 3.80. The molecule has 0 radical (unpaired) electrons. The molecule has 1 aromatic rings. The Labute approximate surface area is 86.7 Å². The van der Waals surface area contributed by atoms with Crippen LogP contribution < -0.4 is 0 Å². The van der Waals surface area contributed by atoms with Gasteiger partial charge in [-0.25, -0.2) is 0 Å². The quantitative estimate of drug-likeness (QED) is 0.656. The fourth-order valence-electron chi connectivity index (χ4n) is 1.01. The van der Waals surface area contributed by atoms with Crippen LogP contribution in [0.5, 0.6) is 0 Å². The molecule has 0 bridgehead atoms. The number of alkyl halides is 3. The van der Waals surface area contributed by atoms with Crippen LogP contribution in [0.2, 0.25) is 5.02 Å². The van der Waals surface area contributed by atoms with Crippen molar-refractivity contribution in [3.63, 3.8) is 0 Å². The molecule has 0 aromatic heterocycles. The molecule has 1 rings (SSSR count). The number of benzene rings is 1. The molecule has 0 unspecified atom stereocenters. The number of hydrogen-bond acceptors (Lipinski definition) is 0. The van der Waals surface area contributed by atoms with Gasteiger partial charge in [-0.2, -0.15) is 13.2 Å². The van der Waals surface area contributed by atoms with Gasteiger partial charge in [0.2, 0.25) is 0 Å². The van der Waals surface area contributed by atoms with Crippen LogP contribution in [0.4, 0.5) is 13.2 Å². The normalized spacial score (nSPS) is 10.9. The van der Waals surface area contributed by atoms with Crippen molar-refractivity contribution in [2.24, 2.45) is 0 Å². The summed E-state index contributed by atoms with van der Waals surface area (Å²) >= 11 is 5.47. The Morgan fingerprint density at radius 3 is 2.21 bits per heavy atom. The zero-order valence-corrected chi connectivity index (χ0v) is 7.71. The van der Waals surface area contributed by atoms with Crippen LogP contribution in [0.1, 0.15) is 25.5 Å². The van der Waals surface area contributed by atoms with Crippen molar-refractivity contribution < 1.29 is 13.2 Å². The molecule has 0 aliphatic heterocycles. The molecule has 0 aliphatic rings. The van der Waals surface area contributed by atoms with E-state index in [-0.39, 0.29) is 12.4 Å². The Bertz CT molecular complexity index is 305. The van der Waals surface area contributed by atoms with Gasteiger partial charge in [-0.3, -0.25) is 0 Å². The van der Waals surface area contributed by atoms with Crippen molar-refractivity contribution in [1.82, 2.24) is 0 Å². The molecular formula is C10H12ClF3. The van der Waals surface area contributed by atoms with Gasteiger partial charge in [0.1, 0.15) is 0 Å². The molecule has 0 atom stereocenters. The molecule has 0 spiro atoms. The molecule has 4 heteroatoms. The molecule has 0 heterocycles. The maximum atomic E-state index is 12.2. The lowest BCUT2D eigenvalue weighted by atomic mass is 10.1. The molecule has 0 amide bonds. The van der Waals surface area contributed by atoms with E-state index in [1.54, 1.807) is 0 Å². The van der Waals surface area contributed by atoms with Crippen molar-refractivity contribution >= 4 is 11.6 Å². The monoisotopic (exact) mass is 224 g/mol. The molecule has 0 saturated heterocycles. The van der Waals surface area contributed by atoms with Crippen LogP contribution in [0.25, 0.3) is 0 Å². The Hall–Kier alpha value is -0.700. The Balaban J connectivity index is 0.00000169. The number of halogens is 4. The van der Waals surface area contributed by atoms with Gasteiger partial charge in [-0.1, -0.05) is 32.0 Å². The first kappa shape index (κ1) is 13.3. The summed E-state index contributed by atoms with van der Waals surface area (Å²) in [6.45, 7) is 1.86. The van der Waals surface area contributed by atoms with Crippen LogP contribution in [0.3, 0.4) is 0 Å². The van der Waals surface area contributed by atoms with E-state index in [4.69, 9.17) is 11.6 Å². The minimum atomic E-state index is -4.36. The van der Waals surface area contributed by atoms with Crippen molar-refractivity contribution in [3.8, 4) is 0 Å². The van der Waals surface area contributed by atoms with Crippen molar-refractivity contribution in [1.29, 1.82) is 0 Å². The molecule has 0 N–H and O–H groups in total. The van der Waals surface area contributed by atoms with Gasteiger partial charge in [0.05, 0.1) is 10.6 Å². The second-order valence-corrected chi connectivity index (χ2v) is 3.07. The molecule has 80 valence electrons. The SMILES string of the molecule is C.CCc1ccc(C(F)(F)F)c(Cl)c1. The van der Waals surface area contributed by atoms with Crippen molar-refractivity contribution in [3.05, 3.63) is 34.3 Å².